The molecule has 0 amide bonds. The molecule has 0 saturated carbocycles. The SMILES string of the molecule is CCCC[Si](CCBr)(CCCC)OC. The van der Waals surface area contributed by atoms with Gasteiger partial charge in [-0.1, -0.05) is 55.5 Å². The number of hydrogen-bond donors (Lipinski definition) is 0. The molecule has 0 rings (SSSR count). The fourth-order valence-corrected chi connectivity index (χ4v) is 7.72. The summed E-state index contributed by atoms with van der Waals surface area (Å²) in [6.07, 6.45) is 5.28. The molecule has 0 fully saturated rings. The summed E-state index contributed by atoms with van der Waals surface area (Å²) in [7, 11) is 0.572. The molecule has 86 valence electrons. The third-order valence-electron chi connectivity index (χ3n) is 2.96. The highest BCUT2D eigenvalue weighted by Crippen LogP contribution is 2.27. The van der Waals surface area contributed by atoms with Crippen molar-refractivity contribution in [3.63, 3.8) is 0 Å². The van der Waals surface area contributed by atoms with Gasteiger partial charge < -0.3 is 4.43 Å². The van der Waals surface area contributed by atoms with Crippen LogP contribution >= 0.6 is 15.9 Å². The van der Waals surface area contributed by atoms with Crippen molar-refractivity contribution in [1.82, 2.24) is 0 Å². The molecule has 0 unspecified atom stereocenters. The maximum Gasteiger partial charge on any atom is 0.193 e. The number of halogens is 1. The summed E-state index contributed by atoms with van der Waals surface area (Å²) in [6, 6.07) is 3.99. The van der Waals surface area contributed by atoms with Gasteiger partial charge in [0.05, 0.1) is 0 Å². The third kappa shape index (κ3) is 5.52. The molecule has 0 aliphatic heterocycles. The van der Waals surface area contributed by atoms with Gasteiger partial charge in [0, 0.05) is 12.4 Å². The van der Waals surface area contributed by atoms with Crippen LogP contribution < -0.4 is 0 Å². The lowest BCUT2D eigenvalue weighted by Gasteiger charge is -2.29. The van der Waals surface area contributed by atoms with Crippen LogP contribution in [0.1, 0.15) is 39.5 Å². The predicted molar refractivity (Wildman–Crippen MR) is 70.8 cm³/mol. The van der Waals surface area contributed by atoms with Crippen molar-refractivity contribution in [2.45, 2.75) is 57.7 Å². The van der Waals surface area contributed by atoms with Crippen LogP contribution in [0.3, 0.4) is 0 Å². The van der Waals surface area contributed by atoms with E-state index in [2.05, 4.69) is 29.8 Å². The smallest absolute Gasteiger partial charge is 0.193 e. The number of rotatable bonds is 9. The van der Waals surface area contributed by atoms with E-state index in [0.717, 1.165) is 5.33 Å². The lowest BCUT2D eigenvalue weighted by molar-refractivity contribution is 0.386. The second-order valence-corrected chi connectivity index (χ2v) is 9.10. The average molecular weight is 281 g/mol. The summed E-state index contributed by atoms with van der Waals surface area (Å²) in [6.45, 7) is 4.53. The third-order valence-corrected chi connectivity index (χ3v) is 8.64. The fraction of sp³-hybridized carbons (Fsp3) is 1.00. The summed E-state index contributed by atoms with van der Waals surface area (Å²) in [5.74, 6) is 0. The second kappa shape index (κ2) is 8.92. The number of unbranched alkanes of at least 4 members (excludes halogenated alkanes) is 2. The highest BCUT2D eigenvalue weighted by Gasteiger charge is 2.31. The molecule has 14 heavy (non-hydrogen) atoms. The van der Waals surface area contributed by atoms with Gasteiger partial charge in [-0.3, -0.25) is 0 Å². The molecule has 0 radical (unpaired) electrons. The van der Waals surface area contributed by atoms with E-state index in [-0.39, 0.29) is 0 Å². The Kier molecular flexibility index (Phi) is 9.34. The molecule has 0 bridgehead atoms. The van der Waals surface area contributed by atoms with Gasteiger partial charge in [0.15, 0.2) is 8.32 Å². The van der Waals surface area contributed by atoms with Crippen LogP contribution in [0.5, 0.6) is 0 Å². The minimum absolute atomic E-state index is 1.11. The molecule has 0 aliphatic rings. The van der Waals surface area contributed by atoms with E-state index >= 15 is 0 Å². The van der Waals surface area contributed by atoms with Gasteiger partial charge in [0.2, 0.25) is 0 Å². The molecule has 0 heterocycles. The van der Waals surface area contributed by atoms with Crippen LogP contribution in [0.4, 0.5) is 0 Å². The Labute approximate surface area is 98.9 Å². The first-order valence-electron chi connectivity index (χ1n) is 5.85. The van der Waals surface area contributed by atoms with Crippen molar-refractivity contribution < 1.29 is 4.43 Å². The standard InChI is InChI=1S/C11H25BrOSi/c1-4-6-9-14(13-3,11-8-12)10-7-5-2/h4-11H2,1-3H3. The van der Waals surface area contributed by atoms with Gasteiger partial charge in [-0.2, -0.15) is 0 Å². The zero-order valence-corrected chi connectivity index (χ0v) is 12.5. The van der Waals surface area contributed by atoms with Gasteiger partial charge in [0.25, 0.3) is 0 Å². The average Bonchev–Trinajstić information content (AvgIpc) is 2.22. The van der Waals surface area contributed by atoms with Gasteiger partial charge in [-0.05, 0) is 18.1 Å². The topological polar surface area (TPSA) is 9.23 Å². The molecular weight excluding hydrogens is 256 g/mol. The van der Waals surface area contributed by atoms with Crippen LogP contribution in [0.15, 0.2) is 0 Å². The Hall–Kier alpha value is 0.657. The van der Waals surface area contributed by atoms with E-state index < -0.39 is 8.32 Å². The Morgan fingerprint density at radius 2 is 1.50 bits per heavy atom. The molecule has 0 spiro atoms. The largest absolute Gasteiger partial charge is 0.420 e. The van der Waals surface area contributed by atoms with Gasteiger partial charge in [-0.15, -0.1) is 0 Å². The Morgan fingerprint density at radius 1 is 1.00 bits per heavy atom. The summed E-state index contributed by atoms with van der Waals surface area (Å²) in [5.41, 5.74) is 0. The first-order valence-corrected chi connectivity index (χ1v) is 9.51. The van der Waals surface area contributed by atoms with E-state index in [0.29, 0.717) is 0 Å². The number of hydrogen-bond acceptors (Lipinski definition) is 1. The van der Waals surface area contributed by atoms with Crippen molar-refractivity contribution in [3.05, 3.63) is 0 Å². The van der Waals surface area contributed by atoms with Crippen molar-refractivity contribution >= 4 is 24.2 Å². The molecule has 0 aliphatic carbocycles. The summed E-state index contributed by atoms with van der Waals surface area (Å²) < 4.78 is 5.89. The molecule has 1 nitrogen and oxygen atoms in total. The Morgan fingerprint density at radius 3 is 1.79 bits per heavy atom. The zero-order chi connectivity index (χ0) is 10.9. The van der Waals surface area contributed by atoms with Crippen LogP contribution in [0.25, 0.3) is 0 Å². The van der Waals surface area contributed by atoms with Gasteiger partial charge in [0.1, 0.15) is 0 Å². The van der Waals surface area contributed by atoms with E-state index in [1.54, 1.807) is 0 Å². The molecule has 0 saturated heterocycles. The van der Waals surface area contributed by atoms with Gasteiger partial charge >= 0.3 is 0 Å². The first-order chi connectivity index (χ1) is 6.74. The predicted octanol–water partition coefficient (Wildman–Crippen LogP) is 4.57. The van der Waals surface area contributed by atoms with Crippen LogP contribution in [0, 0.1) is 0 Å². The van der Waals surface area contributed by atoms with Crippen molar-refractivity contribution in [1.29, 1.82) is 0 Å². The summed E-state index contributed by atoms with van der Waals surface area (Å²) >= 11 is 3.56. The Bertz CT molecular complexity index is 122. The maximum atomic E-state index is 5.89. The quantitative estimate of drug-likeness (QED) is 0.444. The highest BCUT2D eigenvalue weighted by atomic mass is 79.9. The van der Waals surface area contributed by atoms with E-state index in [4.69, 9.17) is 4.43 Å². The van der Waals surface area contributed by atoms with E-state index in [1.165, 1.54) is 43.8 Å². The van der Waals surface area contributed by atoms with Crippen LogP contribution in [-0.4, -0.2) is 20.8 Å². The van der Waals surface area contributed by atoms with E-state index in [1.807, 2.05) is 7.11 Å². The summed E-state index contributed by atoms with van der Waals surface area (Å²) in [4.78, 5) is 0. The molecular formula is C11H25BrOSi. The second-order valence-electron chi connectivity index (χ2n) is 4.03. The molecule has 3 heteroatoms. The fourth-order valence-electron chi connectivity index (χ4n) is 1.85. The molecule has 0 aromatic heterocycles. The van der Waals surface area contributed by atoms with Crippen molar-refractivity contribution in [2.24, 2.45) is 0 Å². The lowest BCUT2D eigenvalue weighted by Crippen LogP contribution is -2.37. The minimum Gasteiger partial charge on any atom is -0.420 e. The number of alkyl halides is 1. The lowest BCUT2D eigenvalue weighted by atomic mass is 10.4. The molecule has 0 aromatic rings. The van der Waals surface area contributed by atoms with Crippen molar-refractivity contribution in [2.75, 3.05) is 12.4 Å². The Balaban J connectivity index is 4.11. The molecule has 0 atom stereocenters. The zero-order valence-electron chi connectivity index (χ0n) is 9.94. The first kappa shape index (κ1) is 14.7. The minimum atomic E-state index is -1.36. The normalized spacial score (nSPS) is 12.0. The molecule has 0 N–H and O–H groups in total. The summed E-state index contributed by atoms with van der Waals surface area (Å²) in [5, 5.41) is 1.11. The van der Waals surface area contributed by atoms with E-state index in [9.17, 15) is 0 Å². The molecule has 0 aromatic carbocycles. The van der Waals surface area contributed by atoms with Crippen LogP contribution in [0.2, 0.25) is 18.1 Å². The monoisotopic (exact) mass is 280 g/mol. The van der Waals surface area contributed by atoms with Gasteiger partial charge in [-0.25, -0.2) is 0 Å². The van der Waals surface area contributed by atoms with Crippen LogP contribution in [-0.2, 0) is 4.43 Å². The maximum absolute atomic E-state index is 5.89. The highest BCUT2D eigenvalue weighted by molar-refractivity contribution is 9.09. The van der Waals surface area contributed by atoms with Crippen molar-refractivity contribution in [3.8, 4) is 0 Å².